The smallest absolute Gasteiger partial charge is 0.242 e. The normalized spacial score (nSPS) is 13.6. The Kier molecular flexibility index (Phi) is 7.80. The number of ether oxygens (including phenoxy) is 2. The van der Waals surface area contributed by atoms with Gasteiger partial charge in [-0.05, 0) is 56.5 Å². The van der Waals surface area contributed by atoms with Crippen molar-refractivity contribution in [1.29, 1.82) is 0 Å². The molecule has 7 heteroatoms. The van der Waals surface area contributed by atoms with Crippen molar-refractivity contribution < 1.29 is 19.1 Å². The lowest BCUT2D eigenvalue weighted by Gasteiger charge is -2.30. The first-order valence-electron chi connectivity index (χ1n) is 10.6. The van der Waals surface area contributed by atoms with Crippen LogP contribution >= 0.6 is 11.6 Å². The van der Waals surface area contributed by atoms with E-state index in [0.29, 0.717) is 30.4 Å². The van der Waals surface area contributed by atoms with Crippen molar-refractivity contribution in [3.05, 3.63) is 58.6 Å². The SMILES string of the molecule is CC(C)NC(=O)C(C)N(Cc1ccccc1Cl)C(=O)CCc1ccc2c(c1)OCCO2. The molecule has 2 aromatic carbocycles. The second-order valence-electron chi connectivity index (χ2n) is 7.93. The van der Waals surface area contributed by atoms with Crippen LogP contribution in [-0.4, -0.2) is 42.0 Å². The molecule has 1 heterocycles. The number of hydrogen-bond acceptors (Lipinski definition) is 4. The van der Waals surface area contributed by atoms with Crippen LogP contribution in [0.1, 0.15) is 38.3 Å². The molecule has 1 N–H and O–H groups in total. The van der Waals surface area contributed by atoms with Crippen molar-refractivity contribution in [1.82, 2.24) is 10.2 Å². The van der Waals surface area contributed by atoms with Gasteiger partial charge in [0.1, 0.15) is 19.3 Å². The number of nitrogens with one attached hydrogen (secondary N) is 1. The van der Waals surface area contributed by atoms with Crippen LogP contribution in [0, 0.1) is 0 Å². The number of aryl methyl sites for hydroxylation is 1. The quantitative estimate of drug-likeness (QED) is 0.668. The van der Waals surface area contributed by atoms with Crippen molar-refractivity contribution in [3.63, 3.8) is 0 Å². The fourth-order valence-electron chi connectivity index (χ4n) is 3.44. The van der Waals surface area contributed by atoms with Gasteiger partial charge in [-0.1, -0.05) is 35.9 Å². The number of hydrogen-bond donors (Lipinski definition) is 1. The van der Waals surface area contributed by atoms with E-state index in [-0.39, 0.29) is 30.8 Å². The third-order valence-electron chi connectivity index (χ3n) is 5.13. The van der Waals surface area contributed by atoms with Crippen molar-refractivity contribution in [2.45, 2.75) is 52.2 Å². The van der Waals surface area contributed by atoms with Gasteiger partial charge >= 0.3 is 0 Å². The topological polar surface area (TPSA) is 67.9 Å². The summed E-state index contributed by atoms with van der Waals surface area (Å²) >= 11 is 6.32. The second kappa shape index (κ2) is 10.5. The molecule has 0 aliphatic carbocycles. The zero-order chi connectivity index (χ0) is 22.4. The van der Waals surface area contributed by atoms with Crippen LogP contribution in [0.3, 0.4) is 0 Å². The summed E-state index contributed by atoms with van der Waals surface area (Å²) in [4.78, 5) is 27.4. The van der Waals surface area contributed by atoms with Crippen LogP contribution in [0.2, 0.25) is 5.02 Å². The van der Waals surface area contributed by atoms with Gasteiger partial charge in [0.2, 0.25) is 11.8 Å². The summed E-state index contributed by atoms with van der Waals surface area (Å²) in [5.74, 6) is 1.13. The zero-order valence-corrected chi connectivity index (χ0v) is 18.9. The summed E-state index contributed by atoms with van der Waals surface area (Å²) in [6.07, 6.45) is 0.802. The van der Waals surface area contributed by atoms with Gasteiger partial charge in [0.05, 0.1) is 0 Å². The van der Waals surface area contributed by atoms with Crippen LogP contribution in [0.4, 0.5) is 0 Å². The molecule has 3 rings (SSSR count). The minimum absolute atomic E-state index is 0.00932. The van der Waals surface area contributed by atoms with E-state index in [1.54, 1.807) is 17.9 Å². The highest BCUT2D eigenvalue weighted by Gasteiger charge is 2.27. The summed E-state index contributed by atoms with van der Waals surface area (Å²) in [6.45, 7) is 6.87. The standard InChI is InChI=1S/C24H29ClN2O4/c1-16(2)26-24(29)17(3)27(15-19-6-4-5-7-20(19)25)23(28)11-9-18-8-10-21-22(14-18)31-13-12-30-21/h4-8,10,14,16-17H,9,11-13,15H2,1-3H3,(H,26,29). The Hall–Kier alpha value is -2.73. The van der Waals surface area contributed by atoms with E-state index < -0.39 is 6.04 Å². The third kappa shape index (κ3) is 6.14. The average molecular weight is 445 g/mol. The van der Waals surface area contributed by atoms with Gasteiger partial charge in [-0.3, -0.25) is 9.59 Å². The lowest BCUT2D eigenvalue weighted by Crippen LogP contribution is -2.49. The van der Waals surface area contributed by atoms with Crippen LogP contribution in [0.15, 0.2) is 42.5 Å². The Labute approximate surface area is 188 Å². The molecule has 2 aromatic rings. The van der Waals surface area contributed by atoms with E-state index >= 15 is 0 Å². The summed E-state index contributed by atoms with van der Waals surface area (Å²) in [6, 6.07) is 12.5. The maximum absolute atomic E-state index is 13.2. The van der Waals surface area contributed by atoms with E-state index in [2.05, 4.69) is 5.32 Å². The van der Waals surface area contributed by atoms with Crippen LogP contribution in [-0.2, 0) is 22.6 Å². The Morgan fingerprint density at radius 1 is 1.06 bits per heavy atom. The lowest BCUT2D eigenvalue weighted by atomic mass is 10.1. The molecule has 1 unspecified atom stereocenters. The van der Waals surface area contributed by atoms with E-state index in [9.17, 15) is 9.59 Å². The fourth-order valence-corrected chi connectivity index (χ4v) is 3.63. The summed E-state index contributed by atoms with van der Waals surface area (Å²) < 4.78 is 11.2. The number of rotatable bonds is 8. The number of nitrogens with zero attached hydrogens (tertiary/aromatic N) is 1. The van der Waals surface area contributed by atoms with Gasteiger partial charge < -0.3 is 19.7 Å². The minimum atomic E-state index is -0.619. The number of carbonyl (C=O) groups is 2. The first-order chi connectivity index (χ1) is 14.8. The highest BCUT2D eigenvalue weighted by atomic mass is 35.5. The molecule has 1 aliphatic rings. The molecule has 0 aromatic heterocycles. The summed E-state index contributed by atoms with van der Waals surface area (Å²) in [7, 11) is 0. The lowest BCUT2D eigenvalue weighted by molar-refractivity contribution is -0.140. The fraction of sp³-hybridized carbons (Fsp3) is 0.417. The van der Waals surface area contributed by atoms with E-state index in [1.165, 1.54) is 0 Å². The van der Waals surface area contributed by atoms with Gasteiger partial charge in [0.25, 0.3) is 0 Å². The molecule has 0 saturated heterocycles. The minimum Gasteiger partial charge on any atom is -0.486 e. The van der Waals surface area contributed by atoms with Gasteiger partial charge in [-0.2, -0.15) is 0 Å². The monoisotopic (exact) mass is 444 g/mol. The largest absolute Gasteiger partial charge is 0.486 e. The van der Waals surface area contributed by atoms with Crippen LogP contribution in [0.25, 0.3) is 0 Å². The van der Waals surface area contributed by atoms with Gasteiger partial charge in [0, 0.05) is 24.0 Å². The summed E-state index contributed by atoms with van der Waals surface area (Å²) in [5, 5.41) is 3.46. The number of fused-ring (bicyclic) bond motifs is 1. The molecule has 31 heavy (non-hydrogen) atoms. The van der Waals surface area contributed by atoms with Crippen molar-refractivity contribution in [2.75, 3.05) is 13.2 Å². The maximum atomic E-state index is 13.2. The molecule has 0 spiro atoms. The van der Waals surface area contributed by atoms with Crippen LogP contribution < -0.4 is 14.8 Å². The first-order valence-corrected chi connectivity index (χ1v) is 10.9. The molecule has 0 fully saturated rings. The number of halogens is 1. The number of benzene rings is 2. The zero-order valence-electron chi connectivity index (χ0n) is 18.2. The first kappa shape index (κ1) is 22.9. The average Bonchev–Trinajstić information content (AvgIpc) is 2.76. The van der Waals surface area contributed by atoms with Crippen molar-refractivity contribution in [3.8, 4) is 11.5 Å². The van der Waals surface area contributed by atoms with Gasteiger partial charge in [-0.15, -0.1) is 0 Å². The summed E-state index contributed by atoms with van der Waals surface area (Å²) in [5.41, 5.74) is 1.79. The molecular weight excluding hydrogens is 416 g/mol. The van der Waals surface area contributed by atoms with E-state index in [4.69, 9.17) is 21.1 Å². The predicted octanol–water partition coefficient (Wildman–Crippen LogP) is 3.99. The Morgan fingerprint density at radius 3 is 2.48 bits per heavy atom. The Morgan fingerprint density at radius 2 is 1.77 bits per heavy atom. The highest BCUT2D eigenvalue weighted by molar-refractivity contribution is 6.31. The Bertz CT molecular complexity index is 932. The van der Waals surface area contributed by atoms with E-state index in [0.717, 1.165) is 16.9 Å². The second-order valence-corrected chi connectivity index (χ2v) is 8.34. The molecule has 0 radical (unpaired) electrons. The van der Waals surface area contributed by atoms with Crippen molar-refractivity contribution in [2.24, 2.45) is 0 Å². The number of carbonyl (C=O) groups excluding carboxylic acids is 2. The molecule has 0 bridgehead atoms. The molecular formula is C24H29ClN2O4. The highest BCUT2D eigenvalue weighted by Crippen LogP contribution is 2.31. The predicted molar refractivity (Wildman–Crippen MR) is 120 cm³/mol. The molecule has 1 atom stereocenters. The van der Waals surface area contributed by atoms with Crippen LogP contribution in [0.5, 0.6) is 11.5 Å². The molecule has 166 valence electrons. The Balaban J connectivity index is 1.73. The molecule has 6 nitrogen and oxygen atoms in total. The number of amides is 2. The van der Waals surface area contributed by atoms with E-state index in [1.807, 2.05) is 50.2 Å². The molecule has 1 aliphatic heterocycles. The molecule has 2 amide bonds. The van der Waals surface area contributed by atoms with Crippen molar-refractivity contribution >= 4 is 23.4 Å². The van der Waals surface area contributed by atoms with Gasteiger partial charge in [0.15, 0.2) is 11.5 Å². The maximum Gasteiger partial charge on any atom is 0.242 e. The molecule has 0 saturated carbocycles. The third-order valence-corrected chi connectivity index (χ3v) is 5.50. The van der Waals surface area contributed by atoms with Gasteiger partial charge in [-0.25, -0.2) is 0 Å².